The molecule has 4 heterocycles. The molecule has 7 heteroatoms. The highest BCUT2D eigenvalue weighted by atomic mass is 32.1. The molecular weight excluding hydrogens is 324 g/mol. The molecule has 0 aliphatic carbocycles. The summed E-state index contributed by atoms with van der Waals surface area (Å²) in [5, 5.41) is 3.40. The molecule has 24 heavy (non-hydrogen) atoms. The molecule has 0 aromatic carbocycles. The second-order valence-corrected chi connectivity index (χ2v) is 7.70. The maximum atomic E-state index is 11.1. The van der Waals surface area contributed by atoms with E-state index in [1.54, 1.807) is 0 Å². The lowest BCUT2D eigenvalue weighted by Crippen LogP contribution is -2.31. The van der Waals surface area contributed by atoms with Crippen LogP contribution in [0.4, 0.5) is 5.13 Å². The largest absolute Gasteiger partial charge is 0.364 e. The molecule has 1 fully saturated rings. The molecule has 0 radical (unpaired) electrons. The molecule has 2 aromatic heterocycles. The van der Waals surface area contributed by atoms with Crippen LogP contribution in [0.5, 0.6) is 0 Å². The zero-order chi connectivity index (χ0) is 16.7. The number of ether oxygens (including phenoxy) is 1. The monoisotopic (exact) mass is 344 g/mol. The second kappa shape index (κ2) is 5.91. The van der Waals surface area contributed by atoms with Crippen LogP contribution < -0.4 is 5.32 Å². The number of hydrogen-bond acceptors (Lipinski definition) is 6. The molecule has 1 spiro atoms. The topological polar surface area (TPSA) is 67.4 Å². The number of pyridine rings is 1. The van der Waals surface area contributed by atoms with Gasteiger partial charge in [0.05, 0.1) is 6.61 Å². The minimum Gasteiger partial charge on any atom is -0.364 e. The van der Waals surface area contributed by atoms with E-state index in [1.807, 2.05) is 18.6 Å². The van der Waals surface area contributed by atoms with Gasteiger partial charge in [-0.25, -0.2) is 4.98 Å². The summed E-state index contributed by atoms with van der Waals surface area (Å²) >= 11 is 1.53. The van der Waals surface area contributed by atoms with Crippen LogP contribution in [-0.2, 0) is 28.3 Å². The summed E-state index contributed by atoms with van der Waals surface area (Å²) in [6.07, 6.45) is 6.61. The van der Waals surface area contributed by atoms with Gasteiger partial charge in [0, 0.05) is 55.1 Å². The molecule has 6 nitrogen and oxygen atoms in total. The lowest BCUT2D eigenvalue weighted by Gasteiger charge is -2.24. The van der Waals surface area contributed by atoms with Crippen LogP contribution >= 0.6 is 11.3 Å². The first-order chi connectivity index (χ1) is 11.6. The zero-order valence-electron chi connectivity index (χ0n) is 13.8. The van der Waals surface area contributed by atoms with Crippen molar-refractivity contribution >= 4 is 22.4 Å². The van der Waals surface area contributed by atoms with E-state index in [4.69, 9.17) is 4.74 Å². The normalized spacial score (nSPS) is 26.0. The summed E-state index contributed by atoms with van der Waals surface area (Å²) in [6.45, 7) is 6.09. The van der Waals surface area contributed by atoms with Crippen LogP contribution in [0.1, 0.15) is 36.3 Å². The van der Waals surface area contributed by atoms with Gasteiger partial charge in [0.25, 0.3) is 0 Å². The van der Waals surface area contributed by atoms with Crippen molar-refractivity contribution in [1.29, 1.82) is 0 Å². The minimum atomic E-state index is -0.206. The van der Waals surface area contributed by atoms with E-state index in [0.717, 1.165) is 24.4 Å². The van der Waals surface area contributed by atoms with Gasteiger partial charge in [-0.15, -0.1) is 11.3 Å². The van der Waals surface area contributed by atoms with Crippen molar-refractivity contribution in [2.75, 3.05) is 11.9 Å². The lowest BCUT2D eigenvalue weighted by atomic mass is 9.91. The third-order valence-electron chi connectivity index (χ3n) is 4.80. The SMILES string of the molecule is CC(=O)Nc1ncc(CN2C[C@]3(C[C@@H]2C)OCc2cnccc23)s1. The first-order valence-electron chi connectivity index (χ1n) is 8.09. The van der Waals surface area contributed by atoms with Gasteiger partial charge in [-0.1, -0.05) is 0 Å². The number of thiazole rings is 1. The molecule has 1 N–H and O–H groups in total. The minimum absolute atomic E-state index is 0.0889. The third-order valence-corrected chi connectivity index (χ3v) is 5.70. The number of aromatic nitrogens is 2. The Labute approximate surface area is 144 Å². The number of likely N-dealkylation sites (tertiary alicyclic amines) is 1. The Morgan fingerprint density at radius 2 is 2.42 bits per heavy atom. The molecule has 2 aliphatic rings. The molecule has 0 unspecified atom stereocenters. The Morgan fingerprint density at radius 3 is 3.25 bits per heavy atom. The summed E-state index contributed by atoms with van der Waals surface area (Å²) in [7, 11) is 0. The fraction of sp³-hybridized carbons (Fsp3) is 0.471. The molecule has 1 amide bonds. The van der Waals surface area contributed by atoms with Gasteiger partial charge >= 0.3 is 0 Å². The highest BCUT2D eigenvalue weighted by Crippen LogP contribution is 2.45. The van der Waals surface area contributed by atoms with Crippen LogP contribution in [0.15, 0.2) is 24.7 Å². The van der Waals surface area contributed by atoms with Crippen LogP contribution in [0.25, 0.3) is 0 Å². The van der Waals surface area contributed by atoms with Gasteiger partial charge in [-0.05, 0) is 25.0 Å². The Balaban J connectivity index is 1.50. The fourth-order valence-electron chi connectivity index (χ4n) is 3.74. The average molecular weight is 344 g/mol. The highest BCUT2D eigenvalue weighted by Gasteiger charge is 2.48. The number of fused-ring (bicyclic) bond motifs is 2. The number of amides is 1. The van der Waals surface area contributed by atoms with E-state index in [1.165, 1.54) is 29.4 Å². The van der Waals surface area contributed by atoms with E-state index in [-0.39, 0.29) is 11.5 Å². The van der Waals surface area contributed by atoms with Crippen molar-refractivity contribution in [3.8, 4) is 0 Å². The van der Waals surface area contributed by atoms with Crippen LogP contribution in [0.2, 0.25) is 0 Å². The van der Waals surface area contributed by atoms with E-state index in [2.05, 4.69) is 33.2 Å². The van der Waals surface area contributed by atoms with Crippen molar-refractivity contribution < 1.29 is 9.53 Å². The third kappa shape index (κ3) is 2.72. The molecular formula is C17H20N4O2S. The fourth-order valence-corrected chi connectivity index (χ4v) is 4.62. The van der Waals surface area contributed by atoms with Gasteiger partial charge in [0.2, 0.25) is 5.91 Å². The molecule has 4 rings (SSSR count). The number of anilines is 1. The van der Waals surface area contributed by atoms with Gasteiger partial charge in [0.1, 0.15) is 5.60 Å². The summed E-state index contributed by atoms with van der Waals surface area (Å²) < 4.78 is 6.22. The first-order valence-corrected chi connectivity index (χ1v) is 8.91. The number of carbonyl (C=O) groups is 1. The predicted molar refractivity (Wildman–Crippen MR) is 91.6 cm³/mol. The van der Waals surface area contributed by atoms with E-state index in [9.17, 15) is 4.79 Å². The first kappa shape index (κ1) is 15.7. The molecule has 1 saturated heterocycles. The quantitative estimate of drug-likeness (QED) is 0.927. The molecule has 0 saturated carbocycles. The van der Waals surface area contributed by atoms with Crippen molar-refractivity contribution in [1.82, 2.24) is 14.9 Å². The highest BCUT2D eigenvalue weighted by molar-refractivity contribution is 7.15. The van der Waals surface area contributed by atoms with Crippen LogP contribution in [0.3, 0.4) is 0 Å². The maximum absolute atomic E-state index is 11.1. The Bertz CT molecular complexity index is 777. The maximum Gasteiger partial charge on any atom is 0.223 e. The summed E-state index contributed by atoms with van der Waals surface area (Å²) in [5.74, 6) is -0.0889. The van der Waals surface area contributed by atoms with Gasteiger partial charge in [-0.2, -0.15) is 0 Å². The Morgan fingerprint density at radius 1 is 1.54 bits per heavy atom. The molecule has 126 valence electrons. The zero-order valence-corrected chi connectivity index (χ0v) is 14.6. The molecule has 2 aromatic rings. The average Bonchev–Trinajstić information content (AvgIpc) is 3.21. The van der Waals surface area contributed by atoms with Gasteiger partial charge in [0.15, 0.2) is 5.13 Å². The van der Waals surface area contributed by atoms with Crippen molar-refractivity contribution in [3.63, 3.8) is 0 Å². The standard InChI is InChI=1S/C17H20N4O2S/c1-11-5-17(15-3-4-18-6-13(15)9-23-17)10-21(11)8-14-7-19-16(24-14)20-12(2)22/h3-4,6-7,11H,5,8-10H2,1-2H3,(H,19,20,22)/t11-,17-/m0/s1. The lowest BCUT2D eigenvalue weighted by molar-refractivity contribution is -0.114. The molecule has 0 bridgehead atoms. The molecule has 2 atom stereocenters. The van der Waals surface area contributed by atoms with E-state index in [0.29, 0.717) is 17.8 Å². The van der Waals surface area contributed by atoms with Crippen molar-refractivity contribution in [3.05, 3.63) is 40.7 Å². The van der Waals surface area contributed by atoms with Crippen molar-refractivity contribution in [2.24, 2.45) is 0 Å². The van der Waals surface area contributed by atoms with Gasteiger partial charge < -0.3 is 10.1 Å². The number of carbonyl (C=O) groups excluding carboxylic acids is 1. The Kier molecular flexibility index (Phi) is 3.86. The summed E-state index contributed by atoms with van der Waals surface area (Å²) in [5.41, 5.74) is 2.29. The molecule has 2 aliphatic heterocycles. The van der Waals surface area contributed by atoms with Crippen molar-refractivity contribution in [2.45, 2.75) is 45.1 Å². The summed E-state index contributed by atoms with van der Waals surface area (Å²) in [6, 6.07) is 2.52. The smallest absolute Gasteiger partial charge is 0.223 e. The van der Waals surface area contributed by atoms with Crippen LogP contribution in [0, 0.1) is 0 Å². The number of hydrogen-bond donors (Lipinski definition) is 1. The van der Waals surface area contributed by atoms with E-state index < -0.39 is 0 Å². The summed E-state index contributed by atoms with van der Waals surface area (Å²) in [4.78, 5) is 23.2. The number of nitrogens with zero attached hydrogens (tertiary/aromatic N) is 3. The van der Waals surface area contributed by atoms with Crippen LogP contribution in [-0.4, -0.2) is 33.4 Å². The van der Waals surface area contributed by atoms with E-state index >= 15 is 0 Å². The Hall–Kier alpha value is -1.83. The predicted octanol–water partition coefficient (Wildman–Crippen LogP) is 2.52. The van der Waals surface area contributed by atoms with Gasteiger partial charge in [-0.3, -0.25) is 14.7 Å². The number of nitrogens with one attached hydrogen (secondary N) is 1. The second-order valence-electron chi connectivity index (χ2n) is 6.59. The number of rotatable bonds is 3.